The Kier molecular flexibility index (Phi) is 6.31. The number of nitrogens with zero attached hydrogens (tertiary/aromatic N) is 3. The first-order valence-corrected chi connectivity index (χ1v) is 8.69. The van der Waals surface area contributed by atoms with Crippen molar-refractivity contribution >= 4 is 29.8 Å². The van der Waals surface area contributed by atoms with Crippen molar-refractivity contribution < 1.29 is 19.1 Å². The fraction of sp³-hybridized carbons (Fsp3) is 0.150. The lowest BCUT2D eigenvalue weighted by molar-refractivity contribution is -0.147. The SMILES string of the molecule is Cc1ccc(Nc2nc(N)nc(COC(=O)COc3ccc(C=O)cc3)n2)cc1. The van der Waals surface area contributed by atoms with Gasteiger partial charge in [0.1, 0.15) is 12.0 Å². The molecule has 0 aliphatic heterocycles. The van der Waals surface area contributed by atoms with Gasteiger partial charge in [-0.2, -0.15) is 15.0 Å². The Morgan fingerprint density at radius 1 is 1.07 bits per heavy atom. The van der Waals surface area contributed by atoms with Crippen LogP contribution in [0.3, 0.4) is 0 Å². The second-order valence-electron chi connectivity index (χ2n) is 6.06. The van der Waals surface area contributed by atoms with Gasteiger partial charge >= 0.3 is 5.97 Å². The molecule has 3 rings (SSSR count). The molecule has 0 amide bonds. The molecule has 3 aromatic rings. The lowest BCUT2D eigenvalue weighted by atomic mass is 10.2. The standard InChI is InChI=1S/C20H19N5O4/c1-13-2-6-15(7-3-13)22-20-24-17(23-19(21)25-20)11-29-18(27)12-28-16-8-4-14(10-26)5-9-16/h2-10H,11-12H2,1H3,(H3,21,22,23,24,25). The molecule has 1 heterocycles. The number of benzene rings is 2. The summed E-state index contributed by atoms with van der Waals surface area (Å²) in [5.74, 6) is 0.305. The van der Waals surface area contributed by atoms with Gasteiger partial charge in [-0.15, -0.1) is 0 Å². The number of carbonyl (C=O) groups excluding carboxylic acids is 2. The average molecular weight is 393 g/mol. The van der Waals surface area contributed by atoms with Gasteiger partial charge in [-0.05, 0) is 43.3 Å². The third kappa shape index (κ3) is 5.99. The van der Waals surface area contributed by atoms with Crippen molar-refractivity contribution in [2.75, 3.05) is 17.7 Å². The summed E-state index contributed by atoms with van der Waals surface area (Å²) in [7, 11) is 0. The average Bonchev–Trinajstić information content (AvgIpc) is 2.72. The van der Waals surface area contributed by atoms with Gasteiger partial charge in [0.25, 0.3) is 0 Å². The zero-order valence-electron chi connectivity index (χ0n) is 15.7. The predicted molar refractivity (Wildman–Crippen MR) is 106 cm³/mol. The topological polar surface area (TPSA) is 129 Å². The van der Waals surface area contributed by atoms with Gasteiger partial charge in [0.2, 0.25) is 11.9 Å². The molecule has 148 valence electrons. The van der Waals surface area contributed by atoms with Crippen LogP contribution in [0, 0.1) is 6.92 Å². The number of carbonyl (C=O) groups is 2. The monoisotopic (exact) mass is 393 g/mol. The van der Waals surface area contributed by atoms with Crippen LogP contribution in [0.2, 0.25) is 0 Å². The second-order valence-corrected chi connectivity index (χ2v) is 6.06. The first kappa shape index (κ1) is 19.7. The molecule has 0 saturated carbocycles. The second kappa shape index (κ2) is 9.27. The lowest BCUT2D eigenvalue weighted by Gasteiger charge is -2.09. The van der Waals surface area contributed by atoms with E-state index < -0.39 is 5.97 Å². The van der Waals surface area contributed by atoms with Crippen LogP contribution in [0.1, 0.15) is 21.7 Å². The first-order chi connectivity index (χ1) is 14.0. The Morgan fingerprint density at radius 2 is 1.79 bits per heavy atom. The van der Waals surface area contributed by atoms with E-state index in [1.165, 1.54) is 0 Å². The number of aryl methyl sites for hydroxylation is 1. The smallest absolute Gasteiger partial charge is 0.344 e. The molecule has 29 heavy (non-hydrogen) atoms. The van der Waals surface area contributed by atoms with Gasteiger partial charge in [0, 0.05) is 11.3 Å². The number of hydrogen-bond acceptors (Lipinski definition) is 9. The number of nitrogens with two attached hydrogens (primary N) is 1. The number of esters is 1. The highest BCUT2D eigenvalue weighted by molar-refractivity contribution is 5.75. The molecule has 0 aliphatic rings. The lowest BCUT2D eigenvalue weighted by Crippen LogP contribution is -2.16. The molecule has 0 unspecified atom stereocenters. The van der Waals surface area contributed by atoms with Gasteiger partial charge < -0.3 is 20.5 Å². The van der Waals surface area contributed by atoms with Crippen LogP contribution in [0.4, 0.5) is 17.6 Å². The van der Waals surface area contributed by atoms with Crippen LogP contribution in [0.25, 0.3) is 0 Å². The van der Waals surface area contributed by atoms with Crippen LogP contribution in [-0.2, 0) is 16.1 Å². The highest BCUT2D eigenvalue weighted by atomic mass is 16.6. The number of aldehydes is 1. The third-order valence-corrected chi connectivity index (χ3v) is 3.74. The quantitative estimate of drug-likeness (QED) is 0.438. The largest absolute Gasteiger partial charge is 0.482 e. The summed E-state index contributed by atoms with van der Waals surface area (Å²) in [5.41, 5.74) is 8.14. The molecule has 0 bridgehead atoms. The van der Waals surface area contributed by atoms with Crippen molar-refractivity contribution in [1.82, 2.24) is 15.0 Å². The van der Waals surface area contributed by atoms with Crippen LogP contribution in [-0.4, -0.2) is 33.8 Å². The molecule has 1 aromatic heterocycles. The van der Waals surface area contributed by atoms with Crippen molar-refractivity contribution in [3.63, 3.8) is 0 Å². The van der Waals surface area contributed by atoms with Gasteiger partial charge in [0.15, 0.2) is 19.0 Å². The van der Waals surface area contributed by atoms with Crippen molar-refractivity contribution in [3.8, 4) is 5.75 Å². The van der Waals surface area contributed by atoms with Gasteiger partial charge in [-0.3, -0.25) is 4.79 Å². The minimum absolute atomic E-state index is 0.00665. The summed E-state index contributed by atoms with van der Waals surface area (Å²) < 4.78 is 10.4. The number of ether oxygens (including phenoxy) is 2. The van der Waals surface area contributed by atoms with E-state index >= 15 is 0 Å². The van der Waals surface area contributed by atoms with E-state index in [2.05, 4.69) is 20.3 Å². The molecule has 0 atom stereocenters. The number of aromatic nitrogens is 3. The molecular weight excluding hydrogens is 374 g/mol. The molecule has 2 aromatic carbocycles. The fourth-order valence-electron chi connectivity index (χ4n) is 2.30. The molecule has 0 fully saturated rings. The molecular formula is C20H19N5O4. The summed E-state index contributed by atoms with van der Waals surface area (Å²) in [4.78, 5) is 34.7. The van der Waals surface area contributed by atoms with Crippen molar-refractivity contribution in [3.05, 3.63) is 65.5 Å². The van der Waals surface area contributed by atoms with Gasteiger partial charge in [-0.25, -0.2) is 4.79 Å². The minimum Gasteiger partial charge on any atom is -0.482 e. The maximum absolute atomic E-state index is 11.9. The molecule has 9 nitrogen and oxygen atoms in total. The Hall–Kier alpha value is -4.01. The van der Waals surface area contributed by atoms with E-state index in [4.69, 9.17) is 15.2 Å². The molecule has 0 saturated heterocycles. The van der Waals surface area contributed by atoms with Crippen LogP contribution in [0.15, 0.2) is 48.5 Å². The highest BCUT2D eigenvalue weighted by Crippen LogP contribution is 2.15. The first-order valence-electron chi connectivity index (χ1n) is 8.69. The summed E-state index contributed by atoms with van der Waals surface area (Å²) in [6.07, 6.45) is 0.723. The number of anilines is 3. The van der Waals surface area contributed by atoms with Crippen molar-refractivity contribution in [1.29, 1.82) is 0 Å². The van der Waals surface area contributed by atoms with Crippen LogP contribution in [0.5, 0.6) is 5.75 Å². The fourth-order valence-corrected chi connectivity index (χ4v) is 2.30. The molecule has 3 N–H and O–H groups in total. The third-order valence-electron chi connectivity index (χ3n) is 3.74. The highest BCUT2D eigenvalue weighted by Gasteiger charge is 2.10. The van der Waals surface area contributed by atoms with E-state index in [0.717, 1.165) is 17.5 Å². The zero-order chi connectivity index (χ0) is 20.6. The van der Waals surface area contributed by atoms with E-state index in [9.17, 15) is 9.59 Å². The number of nitrogen functional groups attached to an aromatic ring is 1. The summed E-state index contributed by atoms with van der Waals surface area (Å²) >= 11 is 0. The Balaban J connectivity index is 1.53. The van der Waals surface area contributed by atoms with Gasteiger partial charge in [0.05, 0.1) is 0 Å². The Labute approximate surface area is 166 Å². The normalized spacial score (nSPS) is 10.2. The number of nitrogens with one attached hydrogen (secondary N) is 1. The molecule has 0 radical (unpaired) electrons. The van der Waals surface area contributed by atoms with Crippen LogP contribution >= 0.6 is 0 Å². The molecule has 0 aliphatic carbocycles. The minimum atomic E-state index is -0.600. The predicted octanol–water partition coefficient (Wildman–Crippen LogP) is 2.44. The van der Waals surface area contributed by atoms with Gasteiger partial charge in [-0.1, -0.05) is 17.7 Å². The summed E-state index contributed by atoms with van der Waals surface area (Å²) in [6, 6.07) is 14.0. The van der Waals surface area contributed by atoms with E-state index in [-0.39, 0.29) is 30.9 Å². The summed E-state index contributed by atoms with van der Waals surface area (Å²) in [5, 5.41) is 3.02. The number of hydrogen-bond donors (Lipinski definition) is 2. The summed E-state index contributed by atoms with van der Waals surface area (Å²) in [6.45, 7) is 1.51. The van der Waals surface area contributed by atoms with E-state index in [1.807, 2.05) is 31.2 Å². The maximum Gasteiger partial charge on any atom is 0.344 e. The number of rotatable bonds is 8. The molecule has 9 heteroatoms. The zero-order valence-corrected chi connectivity index (χ0v) is 15.7. The van der Waals surface area contributed by atoms with Crippen molar-refractivity contribution in [2.24, 2.45) is 0 Å². The Morgan fingerprint density at radius 3 is 2.48 bits per heavy atom. The van der Waals surface area contributed by atoms with Crippen molar-refractivity contribution in [2.45, 2.75) is 13.5 Å². The van der Waals surface area contributed by atoms with Crippen LogP contribution < -0.4 is 15.8 Å². The Bertz CT molecular complexity index is 991. The van der Waals surface area contributed by atoms with E-state index in [1.54, 1.807) is 24.3 Å². The van der Waals surface area contributed by atoms with E-state index in [0.29, 0.717) is 11.3 Å². The maximum atomic E-state index is 11.9. The molecule has 0 spiro atoms.